The van der Waals surface area contributed by atoms with Gasteiger partial charge in [0.1, 0.15) is 0 Å². The molecule has 9 heteroatoms. The van der Waals surface area contributed by atoms with Crippen molar-refractivity contribution in [1.82, 2.24) is 14.7 Å². The molecule has 2 N–H and O–H groups in total. The van der Waals surface area contributed by atoms with Crippen molar-refractivity contribution < 1.29 is 9.90 Å². The topological polar surface area (TPSA) is 90.7 Å². The number of hydrogen-bond acceptors (Lipinski definition) is 6. The van der Waals surface area contributed by atoms with Crippen LogP contribution in [-0.2, 0) is 0 Å². The molecule has 8 nitrogen and oxygen atoms in total. The Balaban J connectivity index is 1.52. The van der Waals surface area contributed by atoms with Gasteiger partial charge in [-0.3, -0.25) is 9.59 Å². The predicted molar refractivity (Wildman–Crippen MR) is 123 cm³/mol. The lowest BCUT2D eigenvalue weighted by molar-refractivity contribution is 0.101. The van der Waals surface area contributed by atoms with E-state index in [0.29, 0.717) is 11.4 Å². The average Bonchev–Trinajstić information content (AvgIpc) is 2.76. The molecule has 0 spiro atoms. The highest BCUT2D eigenvalue weighted by molar-refractivity contribution is 9.10. The summed E-state index contributed by atoms with van der Waals surface area (Å²) in [6.45, 7) is 3.93. The average molecular weight is 484 g/mol. The molecule has 1 fully saturated rings. The fourth-order valence-corrected chi connectivity index (χ4v) is 3.65. The number of piperazine rings is 1. The number of benzene rings is 2. The molecule has 2 heterocycles. The number of carbonyl (C=O) groups excluding carboxylic acids is 1. The van der Waals surface area contributed by atoms with Gasteiger partial charge >= 0.3 is 0 Å². The number of anilines is 2. The molecular weight excluding hydrogens is 462 g/mol. The highest BCUT2D eigenvalue weighted by Gasteiger charge is 2.18. The first-order valence-corrected chi connectivity index (χ1v) is 10.6. The van der Waals surface area contributed by atoms with Crippen molar-refractivity contribution in [2.75, 3.05) is 43.4 Å². The van der Waals surface area contributed by atoms with Crippen LogP contribution in [0.5, 0.6) is 5.75 Å². The second-order valence-electron chi connectivity index (χ2n) is 7.40. The van der Waals surface area contributed by atoms with E-state index < -0.39 is 17.2 Å². The predicted octanol–water partition coefficient (Wildman–Crippen LogP) is 2.70. The van der Waals surface area contributed by atoms with Crippen LogP contribution in [0.3, 0.4) is 0 Å². The van der Waals surface area contributed by atoms with E-state index in [0.717, 1.165) is 47.1 Å². The lowest BCUT2D eigenvalue weighted by Crippen LogP contribution is -2.44. The first kappa shape index (κ1) is 21.1. The second-order valence-corrected chi connectivity index (χ2v) is 8.31. The fraction of sp³-hybridized carbons (Fsp3) is 0.227. The molecule has 0 unspecified atom stereocenters. The number of likely N-dealkylation sites (N-methyl/N-ethyl adjacent to an activating group) is 1. The Morgan fingerprint density at radius 1 is 1.00 bits per heavy atom. The lowest BCUT2D eigenvalue weighted by Gasteiger charge is -2.34. The van der Waals surface area contributed by atoms with E-state index in [9.17, 15) is 14.7 Å². The molecule has 0 atom stereocenters. The van der Waals surface area contributed by atoms with Crippen LogP contribution in [0.2, 0.25) is 0 Å². The Bertz CT molecular complexity index is 1140. The van der Waals surface area contributed by atoms with E-state index in [1.807, 2.05) is 24.3 Å². The van der Waals surface area contributed by atoms with Crippen LogP contribution >= 0.6 is 15.9 Å². The van der Waals surface area contributed by atoms with E-state index in [1.54, 1.807) is 24.3 Å². The number of halogens is 1. The molecule has 1 aromatic heterocycles. The van der Waals surface area contributed by atoms with Crippen LogP contribution in [0.1, 0.15) is 10.5 Å². The zero-order chi connectivity index (χ0) is 22.0. The molecular formula is C22H22BrN5O3. The summed E-state index contributed by atoms with van der Waals surface area (Å²) in [5.74, 6) is -1.07. The molecule has 1 aliphatic rings. The Hall–Kier alpha value is -3.17. The maximum Gasteiger partial charge on any atom is 0.279 e. The van der Waals surface area contributed by atoms with Crippen LogP contribution in [0.25, 0.3) is 5.69 Å². The van der Waals surface area contributed by atoms with Crippen molar-refractivity contribution >= 4 is 33.2 Å². The zero-order valence-electron chi connectivity index (χ0n) is 17.0. The van der Waals surface area contributed by atoms with Crippen LogP contribution < -0.4 is 15.8 Å². The Morgan fingerprint density at radius 3 is 2.26 bits per heavy atom. The second kappa shape index (κ2) is 8.91. The Labute approximate surface area is 187 Å². The van der Waals surface area contributed by atoms with Crippen molar-refractivity contribution in [3.63, 3.8) is 0 Å². The number of aromatic nitrogens is 2. The Kier molecular flexibility index (Phi) is 6.06. The summed E-state index contributed by atoms with van der Waals surface area (Å²) >= 11 is 3.34. The molecule has 0 bridgehead atoms. The number of nitrogens with one attached hydrogen (secondary N) is 1. The normalized spacial score (nSPS) is 14.5. The van der Waals surface area contributed by atoms with Crippen molar-refractivity contribution in [1.29, 1.82) is 0 Å². The molecule has 160 valence electrons. The minimum absolute atomic E-state index is 0.231. The van der Waals surface area contributed by atoms with E-state index >= 15 is 0 Å². The van der Waals surface area contributed by atoms with E-state index in [2.05, 4.69) is 43.2 Å². The fourth-order valence-electron chi connectivity index (χ4n) is 3.39. The lowest BCUT2D eigenvalue weighted by atomic mass is 10.2. The third kappa shape index (κ3) is 4.78. The first-order valence-electron chi connectivity index (χ1n) is 9.85. The van der Waals surface area contributed by atoms with Crippen molar-refractivity contribution in [3.05, 3.63) is 75.1 Å². The van der Waals surface area contributed by atoms with Gasteiger partial charge in [0.2, 0.25) is 0 Å². The minimum Gasteiger partial charge on any atom is -0.505 e. The standard InChI is InChI=1S/C22H22BrN5O3/c1-26-10-12-27(13-11-26)17-8-4-16(5-9-17)24-22(31)21-19(29)14-20(30)28(25-21)18-6-2-15(23)3-7-18/h2-9,14,29H,10-13H2,1H3,(H,24,31). The number of carbonyl (C=O) groups is 1. The highest BCUT2D eigenvalue weighted by Crippen LogP contribution is 2.21. The largest absolute Gasteiger partial charge is 0.505 e. The smallest absolute Gasteiger partial charge is 0.279 e. The van der Waals surface area contributed by atoms with E-state index in [4.69, 9.17) is 0 Å². The quantitative estimate of drug-likeness (QED) is 0.592. The van der Waals surface area contributed by atoms with Gasteiger partial charge < -0.3 is 20.2 Å². The van der Waals surface area contributed by atoms with Gasteiger partial charge in [-0.15, -0.1) is 0 Å². The summed E-state index contributed by atoms with van der Waals surface area (Å²) in [7, 11) is 2.11. The molecule has 3 aromatic rings. The van der Waals surface area contributed by atoms with Gasteiger partial charge in [-0.25, -0.2) is 0 Å². The molecule has 0 aliphatic carbocycles. The summed E-state index contributed by atoms with van der Waals surface area (Å²) in [5.41, 5.74) is 1.39. The molecule has 4 rings (SSSR count). The van der Waals surface area contributed by atoms with Crippen molar-refractivity contribution in [2.45, 2.75) is 0 Å². The van der Waals surface area contributed by atoms with Crippen LogP contribution in [-0.4, -0.2) is 58.9 Å². The third-order valence-corrected chi connectivity index (χ3v) is 5.72. The SMILES string of the molecule is CN1CCN(c2ccc(NC(=O)c3nn(-c4ccc(Br)cc4)c(=O)cc3O)cc2)CC1. The Morgan fingerprint density at radius 2 is 1.61 bits per heavy atom. The van der Waals surface area contributed by atoms with Crippen LogP contribution in [0, 0.1) is 0 Å². The molecule has 1 amide bonds. The van der Waals surface area contributed by atoms with Gasteiger partial charge in [-0.05, 0) is 55.6 Å². The molecule has 0 radical (unpaired) electrons. The molecule has 2 aromatic carbocycles. The van der Waals surface area contributed by atoms with E-state index in [1.165, 1.54) is 0 Å². The van der Waals surface area contributed by atoms with Crippen LogP contribution in [0.15, 0.2) is 63.9 Å². The van der Waals surface area contributed by atoms with Crippen molar-refractivity contribution in [3.8, 4) is 11.4 Å². The number of rotatable bonds is 4. The van der Waals surface area contributed by atoms with E-state index in [-0.39, 0.29) is 5.69 Å². The molecule has 1 saturated heterocycles. The minimum atomic E-state index is -0.601. The monoisotopic (exact) mass is 483 g/mol. The maximum absolute atomic E-state index is 12.7. The number of hydrogen-bond donors (Lipinski definition) is 2. The van der Waals surface area contributed by atoms with Gasteiger partial charge in [0.05, 0.1) is 5.69 Å². The number of aromatic hydroxyl groups is 1. The zero-order valence-corrected chi connectivity index (χ0v) is 18.5. The van der Waals surface area contributed by atoms with Crippen LogP contribution in [0.4, 0.5) is 11.4 Å². The summed E-state index contributed by atoms with van der Waals surface area (Å²) in [6, 6.07) is 15.4. The molecule has 1 aliphatic heterocycles. The highest BCUT2D eigenvalue weighted by atomic mass is 79.9. The summed E-state index contributed by atoms with van der Waals surface area (Å²) in [5, 5.41) is 16.9. The van der Waals surface area contributed by atoms with Gasteiger partial charge in [-0.2, -0.15) is 9.78 Å². The van der Waals surface area contributed by atoms with Gasteiger partial charge in [0, 0.05) is 48.1 Å². The van der Waals surface area contributed by atoms with Crippen molar-refractivity contribution in [2.24, 2.45) is 0 Å². The maximum atomic E-state index is 12.7. The van der Waals surface area contributed by atoms with Gasteiger partial charge in [-0.1, -0.05) is 15.9 Å². The molecule has 31 heavy (non-hydrogen) atoms. The summed E-state index contributed by atoms with van der Waals surface area (Å²) in [6.07, 6.45) is 0. The third-order valence-electron chi connectivity index (χ3n) is 5.19. The first-order chi connectivity index (χ1) is 14.9. The van der Waals surface area contributed by atoms with Gasteiger partial charge in [0.25, 0.3) is 11.5 Å². The van der Waals surface area contributed by atoms with Gasteiger partial charge in [0.15, 0.2) is 11.4 Å². The summed E-state index contributed by atoms with van der Waals surface area (Å²) < 4.78 is 1.93. The summed E-state index contributed by atoms with van der Waals surface area (Å²) in [4.78, 5) is 29.6. The number of amides is 1. The number of nitrogens with zero attached hydrogens (tertiary/aromatic N) is 4. The molecule has 0 saturated carbocycles.